The fourth-order valence-corrected chi connectivity index (χ4v) is 9.13. The van der Waals surface area contributed by atoms with Gasteiger partial charge in [0.15, 0.2) is 5.82 Å². The van der Waals surface area contributed by atoms with Crippen LogP contribution in [0, 0.1) is 0 Å². The van der Waals surface area contributed by atoms with Gasteiger partial charge in [0.25, 0.3) is 0 Å². The molecule has 0 aliphatic heterocycles. The maximum atomic E-state index is 5.40. The molecule has 0 saturated carbocycles. The quantitative estimate of drug-likeness (QED) is 0.137. The fourth-order valence-electron chi connectivity index (χ4n) is 9.13. The van der Waals surface area contributed by atoms with E-state index in [1.807, 2.05) is 0 Å². The van der Waals surface area contributed by atoms with Gasteiger partial charge in [0.1, 0.15) is 0 Å². The summed E-state index contributed by atoms with van der Waals surface area (Å²) in [4.78, 5) is 10.7. The minimum absolute atomic E-state index is 0.672. The van der Waals surface area contributed by atoms with Crippen LogP contribution in [0.3, 0.4) is 0 Å². The first-order valence-corrected chi connectivity index (χ1v) is 22.5. The molecule has 0 atom stereocenters. The summed E-state index contributed by atoms with van der Waals surface area (Å²) in [6.07, 6.45) is 0. The molecule has 0 bridgehead atoms. The van der Waals surface area contributed by atoms with E-state index in [9.17, 15) is 0 Å². The smallest absolute Gasteiger partial charge is 0.160 e. The molecule has 1 heterocycles. The fraction of sp³-hybridized carbons (Fsp3) is 0. The monoisotopic (exact) mass is 840 g/mol. The van der Waals surface area contributed by atoms with E-state index in [0.717, 1.165) is 78.1 Å². The molecule has 11 aromatic rings. The van der Waals surface area contributed by atoms with Gasteiger partial charge in [0.2, 0.25) is 0 Å². The van der Waals surface area contributed by atoms with Crippen molar-refractivity contribution >= 4 is 0 Å². The van der Waals surface area contributed by atoms with Crippen LogP contribution in [0.25, 0.3) is 112 Å². The van der Waals surface area contributed by atoms with Gasteiger partial charge in [-0.25, -0.2) is 9.97 Å². The normalized spacial score (nSPS) is 11.0. The van der Waals surface area contributed by atoms with Crippen molar-refractivity contribution in [2.75, 3.05) is 0 Å². The van der Waals surface area contributed by atoms with Crippen molar-refractivity contribution in [2.24, 2.45) is 0 Å². The molecule has 1 aromatic heterocycles. The van der Waals surface area contributed by atoms with Crippen LogP contribution < -0.4 is 0 Å². The molecule has 0 saturated heterocycles. The Balaban J connectivity index is 1.15. The molecule has 0 unspecified atom stereocenters. The van der Waals surface area contributed by atoms with Gasteiger partial charge >= 0.3 is 0 Å². The molecule has 0 N–H and O–H groups in total. The van der Waals surface area contributed by atoms with Crippen molar-refractivity contribution in [2.45, 2.75) is 0 Å². The highest BCUT2D eigenvalue weighted by Crippen LogP contribution is 2.50. The number of rotatable bonds is 10. The summed E-state index contributed by atoms with van der Waals surface area (Å²) >= 11 is 0. The van der Waals surface area contributed by atoms with Gasteiger partial charge < -0.3 is 0 Å². The summed E-state index contributed by atoms with van der Waals surface area (Å²) in [7, 11) is 0. The molecule has 0 fully saturated rings. The lowest BCUT2D eigenvalue weighted by Crippen LogP contribution is -1.99. The Morgan fingerprint density at radius 1 is 0.182 bits per heavy atom. The molecule has 2 nitrogen and oxygen atoms in total. The Bertz CT molecular complexity index is 3320. The lowest BCUT2D eigenvalue weighted by molar-refractivity contribution is 1.18. The molecule has 0 aliphatic carbocycles. The summed E-state index contributed by atoms with van der Waals surface area (Å²) in [5, 5.41) is 0. The second kappa shape index (κ2) is 18.2. The summed E-state index contributed by atoms with van der Waals surface area (Å²) in [6, 6.07) is 95.1. The molecule has 0 aliphatic rings. The molecular formula is C64H44N2. The Hall–Kier alpha value is -8.72. The zero-order valence-electron chi connectivity index (χ0n) is 36.3. The second-order valence-corrected chi connectivity index (χ2v) is 16.5. The largest absolute Gasteiger partial charge is 0.228 e. The third-order valence-electron chi connectivity index (χ3n) is 12.3. The van der Waals surface area contributed by atoms with Crippen molar-refractivity contribution in [3.63, 3.8) is 0 Å². The van der Waals surface area contributed by atoms with Crippen LogP contribution in [0.1, 0.15) is 0 Å². The maximum absolute atomic E-state index is 5.40. The van der Waals surface area contributed by atoms with Crippen LogP contribution in [0.15, 0.2) is 267 Å². The summed E-state index contributed by atoms with van der Waals surface area (Å²) in [5.74, 6) is 0.672. The van der Waals surface area contributed by atoms with Crippen molar-refractivity contribution in [3.05, 3.63) is 267 Å². The van der Waals surface area contributed by atoms with Crippen LogP contribution >= 0.6 is 0 Å². The predicted molar refractivity (Wildman–Crippen MR) is 276 cm³/mol. The Labute approximate surface area is 386 Å². The van der Waals surface area contributed by atoms with E-state index < -0.39 is 0 Å². The minimum Gasteiger partial charge on any atom is -0.228 e. The first-order chi connectivity index (χ1) is 32.7. The summed E-state index contributed by atoms with van der Waals surface area (Å²) in [5.41, 5.74) is 20.9. The molecule has 11 rings (SSSR count). The Morgan fingerprint density at radius 2 is 0.485 bits per heavy atom. The highest BCUT2D eigenvalue weighted by molar-refractivity contribution is 6.07. The molecule has 0 amide bonds. The van der Waals surface area contributed by atoms with Crippen molar-refractivity contribution in [1.29, 1.82) is 0 Å². The lowest BCUT2D eigenvalue weighted by Gasteiger charge is -2.24. The van der Waals surface area contributed by atoms with E-state index >= 15 is 0 Å². The first-order valence-electron chi connectivity index (χ1n) is 22.5. The zero-order chi connectivity index (χ0) is 44.1. The molecule has 0 spiro atoms. The molecule has 66 heavy (non-hydrogen) atoms. The maximum Gasteiger partial charge on any atom is 0.160 e. The van der Waals surface area contributed by atoms with Crippen LogP contribution in [-0.2, 0) is 0 Å². The van der Waals surface area contributed by atoms with E-state index in [4.69, 9.17) is 9.97 Å². The topological polar surface area (TPSA) is 25.8 Å². The number of nitrogens with zero attached hydrogens (tertiary/aromatic N) is 2. The SMILES string of the molecule is c1ccc(-c2cccc(-c3cc(-c4cccc(-c5cc(-c6ccccc6)c(-c6ccccc6)c(-c6ccccc6)c5-c5ccccc5)c4)nc(-c4cccc(-c5ccccc5)c4)n3)c2)cc1. The minimum atomic E-state index is 0.672. The van der Waals surface area contributed by atoms with Gasteiger partial charge in [-0.15, -0.1) is 0 Å². The average Bonchev–Trinajstić information content (AvgIpc) is 3.41. The molecular weight excluding hydrogens is 797 g/mol. The van der Waals surface area contributed by atoms with Gasteiger partial charge in [0, 0.05) is 16.7 Å². The summed E-state index contributed by atoms with van der Waals surface area (Å²) in [6.45, 7) is 0. The number of hydrogen-bond donors (Lipinski definition) is 0. The molecule has 2 heteroatoms. The third-order valence-corrected chi connectivity index (χ3v) is 12.3. The number of benzene rings is 10. The van der Waals surface area contributed by atoms with Gasteiger partial charge in [0.05, 0.1) is 11.4 Å². The van der Waals surface area contributed by atoms with E-state index in [2.05, 4.69) is 267 Å². The lowest BCUT2D eigenvalue weighted by atomic mass is 9.78. The molecule has 10 aromatic carbocycles. The average molecular weight is 841 g/mol. The predicted octanol–water partition coefficient (Wildman–Crippen LogP) is 17.1. The van der Waals surface area contributed by atoms with Gasteiger partial charge in [-0.1, -0.05) is 237 Å². The van der Waals surface area contributed by atoms with Crippen LogP contribution in [0.2, 0.25) is 0 Å². The van der Waals surface area contributed by atoms with E-state index in [0.29, 0.717) is 5.82 Å². The second-order valence-electron chi connectivity index (χ2n) is 16.5. The zero-order valence-corrected chi connectivity index (χ0v) is 36.3. The molecule has 0 radical (unpaired) electrons. The highest BCUT2D eigenvalue weighted by Gasteiger charge is 2.24. The number of aromatic nitrogens is 2. The third kappa shape index (κ3) is 8.16. The van der Waals surface area contributed by atoms with Crippen LogP contribution in [0.4, 0.5) is 0 Å². The van der Waals surface area contributed by atoms with Gasteiger partial charge in [-0.3, -0.25) is 0 Å². The van der Waals surface area contributed by atoms with Gasteiger partial charge in [-0.05, 0) is 108 Å². The summed E-state index contributed by atoms with van der Waals surface area (Å²) < 4.78 is 0. The van der Waals surface area contributed by atoms with Crippen molar-refractivity contribution < 1.29 is 0 Å². The first kappa shape index (κ1) is 40.1. The Morgan fingerprint density at radius 3 is 0.939 bits per heavy atom. The Kier molecular flexibility index (Phi) is 11.0. The molecule has 310 valence electrons. The van der Waals surface area contributed by atoms with E-state index in [1.165, 1.54) is 27.8 Å². The van der Waals surface area contributed by atoms with Crippen LogP contribution in [-0.4, -0.2) is 9.97 Å². The van der Waals surface area contributed by atoms with Crippen LogP contribution in [0.5, 0.6) is 0 Å². The van der Waals surface area contributed by atoms with E-state index in [-0.39, 0.29) is 0 Å². The van der Waals surface area contributed by atoms with Gasteiger partial charge in [-0.2, -0.15) is 0 Å². The number of hydrogen-bond acceptors (Lipinski definition) is 2. The van der Waals surface area contributed by atoms with Crippen molar-refractivity contribution in [3.8, 4) is 112 Å². The highest BCUT2D eigenvalue weighted by atomic mass is 14.9. The van der Waals surface area contributed by atoms with Crippen molar-refractivity contribution in [1.82, 2.24) is 9.97 Å². The van der Waals surface area contributed by atoms with E-state index in [1.54, 1.807) is 0 Å². The standard InChI is InChI=1S/C64H44N2/c1-7-22-45(23-8-1)51-34-19-37-54(40-51)59-44-60(66-64(65-59)56-39-20-35-52(41-56)46-24-9-2-10-25-46)55-38-21-36-53(42-55)58-43-57(47-26-11-3-12-27-47)61(48-28-13-4-14-29-48)63(50-32-17-6-18-33-50)62(58)49-30-15-5-16-31-49/h1-44H.